The minimum absolute atomic E-state index is 0.0248. The van der Waals surface area contributed by atoms with E-state index in [1.807, 2.05) is 0 Å². The molecule has 0 aliphatic carbocycles. The van der Waals surface area contributed by atoms with Crippen molar-refractivity contribution in [1.29, 1.82) is 0 Å². The molecule has 0 aromatic rings. The lowest BCUT2D eigenvalue weighted by atomic mass is 10.00. The van der Waals surface area contributed by atoms with E-state index < -0.39 is 115 Å². The van der Waals surface area contributed by atoms with Crippen LogP contribution in [-0.4, -0.2) is 119 Å². The Bertz CT molecular complexity index is 1210. The van der Waals surface area contributed by atoms with Crippen molar-refractivity contribution >= 4 is 47.4 Å². The number of carboxylic acid groups (broad SMARTS) is 3. The summed E-state index contributed by atoms with van der Waals surface area (Å²) < 4.78 is 0. The molecule has 0 heterocycles. The van der Waals surface area contributed by atoms with Crippen LogP contribution in [0.5, 0.6) is 0 Å². The van der Waals surface area contributed by atoms with E-state index in [-0.39, 0.29) is 19.4 Å². The summed E-state index contributed by atoms with van der Waals surface area (Å²) in [6.07, 6.45) is 1.61. The number of rotatable bonds is 30. The predicted molar refractivity (Wildman–Crippen MR) is 193 cm³/mol. The van der Waals surface area contributed by atoms with Gasteiger partial charge in [0.1, 0.15) is 30.2 Å². The van der Waals surface area contributed by atoms with E-state index >= 15 is 0 Å². The van der Waals surface area contributed by atoms with Crippen molar-refractivity contribution in [3.8, 4) is 0 Å². The average molecular weight is 760 g/mol. The zero-order chi connectivity index (χ0) is 40.5. The second-order valence-corrected chi connectivity index (χ2v) is 13.1. The van der Waals surface area contributed by atoms with Crippen molar-refractivity contribution in [3.05, 3.63) is 0 Å². The molecule has 6 atom stereocenters. The first-order chi connectivity index (χ1) is 25.0. The molecule has 53 heavy (non-hydrogen) atoms. The molecule has 0 unspecified atom stereocenters. The summed E-state index contributed by atoms with van der Waals surface area (Å²) in [6, 6.07) is -7.65. The van der Waals surface area contributed by atoms with Crippen molar-refractivity contribution in [2.75, 3.05) is 19.6 Å². The molecule has 304 valence electrons. The lowest BCUT2D eigenvalue weighted by Gasteiger charge is -2.28. The van der Waals surface area contributed by atoms with Crippen LogP contribution in [0.2, 0.25) is 0 Å². The molecule has 0 aromatic carbocycles. The third kappa shape index (κ3) is 21.0. The van der Waals surface area contributed by atoms with E-state index in [2.05, 4.69) is 26.6 Å². The van der Waals surface area contributed by atoms with Crippen molar-refractivity contribution in [3.63, 3.8) is 0 Å². The first-order valence-corrected chi connectivity index (χ1v) is 18.0. The maximum Gasteiger partial charge on any atom is 0.326 e. The lowest BCUT2D eigenvalue weighted by molar-refractivity contribution is -0.144. The summed E-state index contributed by atoms with van der Waals surface area (Å²) in [5, 5.41) is 40.1. The van der Waals surface area contributed by atoms with Crippen LogP contribution in [-0.2, 0) is 38.4 Å². The number of hydrogen-bond acceptors (Lipinski definition) is 12. The zero-order valence-electron chi connectivity index (χ0n) is 30.8. The summed E-state index contributed by atoms with van der Waals surface area (Å²) in [5.41, 5.74) is 22.8. The zero-order valence-corrected chi connectivity index (χ0v) is 30.8. The maximum absolute atomic E-state index is 13.7. The number of carbonyl (C=O) groups is 8. The van der Waals surface area contributed by atoms with E-state index in [9.17, 15) is 48.6 Å². The molecule has 0 bridgehead atoms. The van der Waals surface area contributed by atoms with Crippen LogP contribution < -0.4 is 49.5 Å². The molecular formula is C33H61N9O11. The van der Waals surface area contributed by atoms with Crippen LogP contribution in [0.1, 0.15) is 97.3 Å². The number of carboxylic acids is 3. The van der Waals surface area contributed by atoms with Crippen molar-refractivity contribution in [2.45, 2.75) is 134 Å². The molecule has 16 N–H and O–H groups in total. The Labute approximate surface area is 309 Å². The highest BCUT2D eigenvalue weighted by atomic mass is 16.4. The molecule has 0 fully saturated rings. The Kier molecular flexibility index (Phi) is 25.0. The van der Waals surface area contributed by atoms with Crippen molar-refractivity contribution in [2.24, 2.45) is 28.9 Å². The number of carbonyl (C=O) groups excluding carboxylic acids is 5. The quantitative estimate of drug-likeness (QED) is 0.0340. The number of amides is 5. The average Bonchev–Trinajstić information content (AvgIpc) is 3.08. The van der Waals surface area contributed by atoms with Gasteiger partial charge in [-0.1, -0.05) is 20.3 Å². The lowest BCUT2D eigenvalue weighted by Crippen LogP contribution is -2.60. The predicted octanol–water partition coefficient (Wildman–Crippen LogP) is -2.41. The van der Waals surface area contributed by atoms with Gasteiger partial charge in [0.25, 0.3) is 0 Å². The Balaban J connectivity index is 6.14. The number of nitrogens with one attached hydrogen (secondary N) is 5. The standard InChI is InChI=1S/C33H61N9O11/c1-19(2)27(42-31(50)22(11-5-8-18-36)38-28(47)20(37)9-3-6-16-34)32(51)40-21(10-4-7-17-35)29(48)39-23(12-14-25(43)44)30(49)41-24(33(52)53)13-15-26(45)46/h19-24,27H,3-18,34-37H2,1-2H3,(H,38,47)(H,39,48)(H,40,51)(H,41,49)(H,42,50)(H,43,44)(H,45,46)(H,52,53)/t20-,21-,22-,23-,24-,27-/m0/s1. The molecule has 0 aromatic heterocycles. The van der Waals surface area contributed by atoms with E-state index in [1.54, 1.807) is 13.8 Å². The van der Waals surface area contributed by atoms with Gasteiger partial charge >= 0.3 is 17.9 Å². The molecule has 0 spiro atoms. The molecule has 0 saturated carbocycles. The third-order valence-corrected chi connectivity index (χ3v) is 8.25. The molecular weight excluding hydrogens is 698 g/mol. The summed E-state index contributed by atoms with van der Waals surface area (Å²) in [5.74, 6) is -8.62. The van der Waals surface area contributed by atoms with Crippen LogP contribution in [0.3, 0.4) is 0 Å². The van der Waals surface area contributed by atoms with Gasteiger partial charge in [-0.2, -0.15) is 0 Å². The number of aliphatic carboxylic acids is 3. The van der Waals surface area contributed by atoms with E-state index in [1.165, 1.54) is 0 Å². The highest BCUT2D eigenvalue weighted by Gasteiger charge is 2.34. The summed E-state index contributed by atoms with van der Waals surface area (Å²) >= 11 is 0. The second-order valence-electron chi connectivity index (χ2n) is 13.1. The van der Waals surface area contributed by atoms with Crippen LogP contribution in [0, 0.1) is 5.92 Å². The molecule has 5 amide bonds. The molecule has 0 saturated heterocycles. The van der Waals surface area contributed by atoms with E-state index in [4.69, 9.17) is 28.0 Å². The Hall–Kier alpha value is -4.40. The largest absolute Gasteiger partial charge is 0.481 e. The molecule has 0 rings (SSSR count). The summed E-state index contributed by atoms with van der Waals surface area (Å²) in [6.45, 7) is 4.36. The molecule has 20 heteroatoms. The van der Waals surface area contributed by atoms with Gasteiger partial charge in [0.05, 0.1) is 6.04 Å². The van der Waals surface area contributed by atoms with Gasteiger partial charge in [-0.15, -0.1) is 0 Å². The minimum atomic E-state index is -1.64. The fraction of sp³-hybridized carbons (Fsp3) is 0.758. The molecule has 0 aliphatic rings. The number of unbranched alkanes of at least 4 members (excludes halogenated alkanes) is 3. The fourth-order valence-electron chi connectivity index (χ4n) is 5.10. The first kappa shape index (κ1) is 48.6. The van der Waals surface area contributed by atoms with Crippen LogP contribution in [0.25, 0.3) is 0 Å². The number of nitrogens with two attached hydrogens (primary N) is 4. The van der Waals surface area contributed by atoms with E-state index in [0.29, 0.717) is 58.0 Å². The van der Waals surface area contributed by atoms with Crippen LogP contribution >= 0.6 is 0 Å². The highest BCUT2D eigenvalue weighted by molar-refractivity contribution is 5.96. The monoisotopic (exact) mass is 759 g/mol. The second kappa shape index (κ2) is 27.2. The maximum atomic E-state index is 13.7. The van der Waals surface area contributed by atoms with Gasteiger partial charge in [-0.05, 0) is 89.8 Å². The molecule has 0 aliphatic heterocycles. The van der Waals surface area contributed by atoms with Crippen LogP contribution in [0.4, 0.5) is 0 Å². The Morgan fingerprint density at radius 2 is 0.830 bits per heavy atom. The first-order valence-electron chi connectivity index (χ1n) is 18.0. The van der Waals surface area contributed by atoms with Gasteiger partial charge in [-0.25, -0.2) is 4.79 Å². The van der Waals surface area contributed by atoms with Crippen molar-refractivity contribution < 1.29 is 53.7 Å². The van der Waals surface area contributed by atoms with Gasteiger partial charge in [-0.3, -0.25) is 33.6 Å². The topological polar surface area (TPSA) is 361 Å². The van der Waals surface area contributed by atoms with Crippen LogP contribution in [0.15, 0.2) is 0 Å². The SMILES string of the molecule is CC(C)[C@H](NC(=O)[C@H](CCCCN)NC(=O)[C@@H](N)CCCCN)C(=O)N[C@@H](CCCCN)C(=O)N[C@@H](CCC(=O)O)C(=O)N[C@@H](CCC(=O)O)C(=O)O. The van der Waals surface area contributed by atoms with Gasteiger partial charge < -0.3 is 64.8 Å². The fourth-order valence-corrected chi connectivity index (χ4v) is 5.10. The van der Waals surface area contributed by atoms with E-state index in [0.717, 1.165) is 0 Å². The van der Waals surface area contributed by atoms with Gasteiger partial charge in [0, 0.05) is 12.8 Å². The smallest absolute Gasteiger partial charge is 0.326 e. The van der Waals surface area contributed by atoms with Gasteiger partial charge in [0.15, 0.2) is 0 Å². The van der Waals surface area contributed by atoms with Crippen molar-refractivity contribution in [1.82, 2.24) is 26.6 Å². The third-order valence-electron chi connectivity index (χ3n) is 8.25. The van der Waals surface area contributed by atoms with Gasteiger partial charge in [0.2, 0.25) is 29.5 Å². The molecule has 0 radical (unpaired) electrons. The minimum Gasteiger partial charge on any atom is -0.481 e. The highest BCUT2D eigenvalue weighted by Crippen LogP contribution is 2.10. The molecule has 20 nitrogen and oxygen atoms in total. The summed E-state index contributed by atoms with van der Waals surface area (Å²) in [7, 11) is 0. The number of hydrogen-bond donors (Lipinski definition) is 12. The Morgan fingerprint density at radius 3 is 1.25 bits per heavy atom. The Morgan fingerprint density at radius 1 is 0.472 bits per heavy atom. The normalized spacial score (nSPS) is 14.5. The summed E-state index contributed by atoms with van der Waals surface area (Å²) in [4.78, 5) is 101.